The van der Waals surface area contributed by atoms with Crippen LogP contribution in [0.3, 0.4) is 0 Å². The van der Waals surface area contributed by atoms with E-state index in [1.807, 2.05) is 6.92 Å². The van der Waals surface area contributed by atoms with Crippen LogP contribution in [0.4, 0.5) is 0 Å². The summed E-state index contributed by atoms with van der Waals surface area (Å²) < 4.78 is 1.42. The van der Waals surface area contributed by atoms with Gasteiger partial charge in [0.05, 0.1) is 17.2 Å². The standard InChI is InChI=1S/C14H14ClN3O2/c1-8-5-9(15)6-10-12(8)16-7-18(13(10)19)11-3-4-17(2)14(11)20/h5-7,11H,3-4H2,1-2H3. The smallest absolute Gasteiger partial charge is 0.261 e. The number of aryl methyl sites for hydroxylation is 1. The molecule has 3 rings (SSSR count). The molecule has 0 N–H and O–H groups in total. The van der Waals surface area contributed by atoms with Gasteiger partial charge in [-0.3, -0.25) is 14.2 Å². The second-order valence-corrected chi connectivity index (χ2v) is 5.58. The molecule has 1 aromatic heterocycles. The van der Waals surface area contributed by atoms with Crippen molar-refractivity contribution in [1.29, 1.82) is 0 Å². The van der Waals surface area contributed by atoms with Gasteiger partial charge < -0.3 is 4.90 Å². The summed E-state index contributed by atoms with van der Waals surface area (Å²) in [6.07, 6.45) is 2.09. The molecule has 1 aliphatic heterocycles. The Kier molecular flexibility index (Phi) is 3.01. The van der Waals surface area contributed by atoms with E-state index in [-0.39, 0.29) is 11.5 Å². The molecule has 2 aromatic rings. The molecule has 1 atom stereocenters. The molecule has 1 aromatic carbocycles. The van der Waals surface area contributed by atoms with Crippen LogP contribution in [-0.2, 0) is 4.79 Å². The van der Waals surface area contributed by atoms with Crippen LogP contribution >= 0.6 is 11.6 Å². The highest BCUT2D eigenvalue weighted by Crippen LogP contribution is 2.23. The second kappa shape index (κ2) is 4.59. The van der Waals surface area contributed by atoms with Crippen molar-refractivity contribution in [3.05, 3.63) is 39.4 Å². The lowest BCUT2D eigenvalue weighted by Gasteiger charge is -2.14. The van der Waals surface area contributed by atoms with E-state index in [0.717, 1.165) is 5.56 Å². The van der Waals surface area contributed by atoms with E-state index in [4.69, 9.17) is 11.6 Å². The zero-order valence-electron chi connectivity index (χ0n) is 11.3. The highest BCUT2D eigenvalue weighted by molar-refractivity contribution is 6.31. The minimum atomic E-state index is -0.455. The summed E-state index contributed by atoms with van der Waals surface area (Å²) in [5.74, 6) is -0.0491. The highest BCUT2D eigenvalue weighted by Gasteiger charge is 2.31. The Morgan fingerprint density at radius 3 is 2.75 bits per heavy atom. The number of fused-ring (bicyclic) bond motifs is 1. The lowest BCUT2D eigenvalue weighted by molar-refractivity contribution is -0.129. The predicted molar refractivity (Wildman–Crippen MR) is 77.0 cm³/mol. The first-order valence-electron chi connectivity index (χ1n) is 6.41. The van der Waals surface area contributed by atoms with Crippen molar-refractivity contribution < 1.29 is 4.79 Å². The van der Waals surface area contributed by atoms with E-state index in [0.29, 0.717) is 28.9 Å². The number of hydrogen-bond acceptors (Lipinski definition) is 3. The van der Waals surface area contributed by atoms with Gasteiger partial charge >= 0.3 is 0 Å². The number of nitrogens with zero attached hydrogens (tertiary/aromatic N) is 3. The largest absolute Gasteiger partial charge is 0.344 e. The quantitative estimate of drug-likeness (QED) is 0.804. The Balaban J connectivity index is 2.22. The van der Waals surface area contributed by atoms with Gasteiger partial charge in [-0.25, -0.2) is 4.98 Å². The van der Waals surface area contributed by atoms with E-state index >= 15 is 0 Å². The molecule has 0 bridgehead atoms. The Morgan fingerprint density at radius 2 is 2.10 bits per heavy atom. The number of rotatable bonds is 1. The molecule has 0 saturated carbocycles. The molecule has 6 heteroatoms. The SMILES string of the molecule is Cc1cc(Cl)cc2c(=O)n(C3CCN(C)C3=O)cnc12. The molecule has 104 valence electrons. The van der Waals surface area contributed by atoms with Crippen molar-refractivity contribution >= 4 is 28.4 Å². The van der Waals surface area contributed by atoms with Gasteiger partial charge in [0.15, 0.2) is 0 Å². The lowest BCUT2D eigenvalue weighted by atomic mass is 10.1. The van der Waals surface area contributed by atoms with Gasteiger partial charge in [-0.1, -0.05) is 11.6 Å². The van der Waals surface area contributed by atoms with Crippen LogP contribution in [0.2, 0.25) is 5.02 Å². The molecular formula is C14H14ClN3O2. The zero-order chi connectivity index (χ0) is 14.4. The van der Waals surface area contributed by atoms with Crippen molar-refractivity contribution in [2.75, 3.05) is 13.6 Å². The van der Waals surface area contributed by atoms with Crippen LogP contribution in [0.5, 0.6) is 0 Å². The van der Waals surface area contributed by atoms with Crippen molar-refractivity contribution in [2.45, 2.75) is 19.4 Å². The number of benzene rings is 1. The summed E-state index contributed by atoms with van der Waals surface area (Å²) in [7, 11) is 1.74. The topological polar surface area (TPSA) is 55.2 Å². The first kappa shape index (κ1) is 13.1. The molecule has 0 radical (unpaired) electrons. The van der Waals surface area contributed by atoms with E-state index in [9.17, 15) is 9.59 Å². The van der Waals surface area contributed by atoms with Crippen molar-refractivity contribution in [3.8, 4) is 0 Å². The first-order chi connectivity index (χ1) is 9.49. The van der Waals surface area contributed by atoms with Crippen LogP contribution in [0.15, 0.2) is 23.3 Å². The number of likely N-dealkylation sites (tertiary alicyclic amines) is 1. The molecule has 2 heterocycles. The van der Waals surface area contributed by atoms with E-state index in [2.05, 4.69) is 4.98 Å². The van der Waals surface area contributed by atoms with Crippen LogP contribution < -0.4 is 5.56 Å². The van der Waals surface area contributed by atoms with Crippen LogP contribution in [-0.4, -0.2) is 34.0 Å². The van der Waals surface area contributed by atoms with E-state index in [1.54, 1.807) is 24.1 Å². The molecule has 0 aliphatic carbocycles. The summed E-state index contributed by atoms with van der Waals surface area (Å²) >= 11 is 6.01. The number of aromatic nitrogens is 2. The maximum Gasteiger partial charge on any atom is 0.261 e. The fraction of sp³-hybridized carbons (Fsp3) is 0.357. The summed E-state index contributed by atoms with van der Waals surface area (Å²) in [5, 5.41) is 0.960. The maximum absolute atomic E-state index is 12.6. The molecule has 1 unspecified atom stereocenters. The van der Waals surface area contributed by atoms with E-state index < -0.39 is 6.04 Å². The minimum absolute atomic E-state index is 0.0491. The van der Waals surface area contributed by atoms with Gasteiger partial charge in [0.2, 0.25) is 5.91 Å². The Labute approximate surface area is 120 Å². The molecule has 0 spiro atoms. The lowest BCUT2D eigenvalue weighted by Crippen LogP contribution is -2.31. The summed E-state index contributed by atoms with van der Waals surface area (Å²) in [4.78, 5) is 30.6. The number of carbonyl (C=O) groups is 1. The van der Waals surface area contributed by atoms with Crippen LogP contribution in [0.1, 0.15) is 18.0 Å². The Bertz CT molecular complexity index is 769. The number of halogens is 1. The predicted octanol–water partition coefficient (Wildman–Crippen LogP) is 1.76. The summed E-state index contributed by atoms with van der Waals surface area (Å²) in [6.45, 7) is 2.52. The molecule has 1 amide bonds. The Morgan fingerprint density at radius 1 is 1.35 bits per heavy atom. The van der Waals surface area contributed by atoms with Gasteiger partial charge in [-0.2, -0.15) is 0 Å². The highest BCUT2D eigenvalue weighted by atomic mass is 35.5. The monoisotopic (exact) mass is 291 g/mol. The molecule has 1 saturated heterocycles. The number of likely N-dealkylation sites (N-methyl/N-ethyl adjacent to an activating group) is 1. The van der Waals surface area contributed by atoms with Crippen molar-refractivity contribution in [3.63, 3.8) is 0 Å². The number of amides is 1. The van der Waals surface area contributed by atoms with E-state index in [1.165, 1.54) is 10.9 Å². The normalized spacial score (nSPS) is 19.1. The fourth-order valence-electron chi connectivity index (χ4n) is 2.67. The first-order valence-corrected chi connectivity index (χ1v) is 6.79. The second-order valence-electron chi connectivity index (χ2n) is 5.14. The molecule has 1 aliphatic rings. The van der Waals surface area contributed by atoms with Gasteiger partial charge in [-0.15, -0.1) is 0 Å². The molecular weight excluding hydrogens is 278 g/mol. The summed E-state index contributed by atoms with van der Waals surface area (Å²) in [6, 6.07) is 2.93. The third-order valence-corrected chi connectivity index (χ3v) is 3.99. The van der Waals surface area contributed by atoms with Crippen LogP contribution in [0.25, 0.3) is 10.9 Å². The average Bonchev–Trinajstić information content (AvgIpc) is 2.72. The van der Waals surface area contributed by atoms with Crippen molar-refractivity contribution in [1.82, 2.24) is 14.5 Å². The summed E-state index contributed by atoms with van der Waals surface area (Å²) in [5.41, 5.74) is 1.27. The Hall–Kier alpha value is -1.88. The third-order valence-electron chi connectivity index (χ3n) is 3.78. The number of hydrogen-bond donors (Lipinski definition) is 0. The molecule has 5 nitrogen and oxygen atoms in total. The van der Waals surface area contributed by atoms with Gasteiger partial charge in [0.25, 0.3) is 5.56 Å². The minimum Gasteiger partial charge on any atom is -0.344 e. The molecule has 20 heavy (non-hydrogen) atoms. The van der Waals surface area contributed by atoms with Gasteiger partial charge in [0, 0.05) is 18.6 Å². The zero-order valence-corrected chi connectivity index (χ0v) is 12.0. The van der Waals surface area contributed by atoms with Gasteiger partial charge in [0.1, 0.15) is 6.04 Å². The molecule has 1 fully saturated rings. The van der Waals surface area contributed by atoms with Gasteiger partial charge in [-0.05, 0) is 31.0 Å². The third kappa shape index (κ3) is 1.89. The van der Waals surface area contributed by atoms with Crippen molar-refractivity contribution in [2.24, 2.45) is 0 Å². The maximum atomic E-state index is 12.6. The fourth-order valence-corrected chi connectivity index (χ4v) is 2.94. The van der Waals surface area contributed by atoms with Crippen LogP contribution in [0, 0.1) is 6.92 Å². The number of carbonyl (C=O) groups excluding carboxylic acids is 1. The average molecular weight is 292 g/mol.